The summed E-state index contributed by atoms with van der Waals surface area (Å²) in [6.45, 7) is 1.25. The molecule has 0 saturated carbocycles. The number of piperidine rings is 1. The van der Waals surface area contributed by atoms with Crippen LogP contribution in [0.1, 0.15) is 12.8 Å². The minimum absolute atomic E-state index is 0.0277. The molecule has 10 heteroatoms. The summed E-state index contributed by atoms with van der Waals surface area (Å²) in [5.41, 5.74) is -0.132. The van der Waals surface area contributed by atoms with Crippen LogP contribution in [0, 0.1) is 15.9 Å². The summed E-state index contributed by atoms with van der Waals surface area (Å²) in [7, 11) is 0. The smallest absolute Gasteiger partial charge is 0.351 e. The van der Waals surface area contributed by atoms with E-state index in [1.807, 2.05) is 23.1 Å². The number of thioether (sulfide) groups is 1. The van der Waals surface area contributed by atoms with Gasteiger partial charge in [-0.1, -0.05) is 18.2 Å². The molecule has 0 bridgehead atoms. The van der Waals surface area contributed by atoms with E-state index in [4.69, 9.17) is 0 Å². The molecule has 1 N–H and O–H groups in total. The minimum Gasteiger partial charge on any atom is -0.351 e. The van der Waals surface area contributed by atoms with Gasteiger partial charge in [0.25, 0.3) is 0 Å². The van der Waals surface area contributed by atoms with E-state index in [1.54, 1.807) is 30.1 Å². The van der Waals surface area contributed by atoms with E-state index < -0.39 is 10.7 Å². The van der Waals surface area contributed by atoms with Gasteiger partial charge < -0.3 is 10.2 Å². The number of nitrogens with zero attached hydrogens (tertiary/aromatic N) is 5. The predicted molar refractivity (Wildman–Crippen MR) is 114 cm³/mol. The summed E-state index contributed by atoms with van der Waals surface area (Å²) in [5, 5.41) is 15.9. The second-order valence-corrected chi connectivity index (χ2v) is 8.05. The van der Waals surface area contributed by atoms with Crippen LogP contribution in [0.25, 0.3) is 0 Å². The fourth-order valence-corrected chi connectivity index (χ4v) is 4.39. The molecule has 1 saturated heterocycles. The normalized spacial score (nSPS) is 14.5. The maximum Gasteiger partial charge on any atom is 0.353 e. The van der Waals surface area contributed by atoms with Gasteiger partial charge in [0, 0.05) is 24.5 Å². The Morgan fingerprint density at radius 3 is 2.57 bits per heavy atom. The Bertz CT molecular complexity index is 1030. The van der Waals surface area contributed by atoms with Gasteiger partial charge in [-0.05, 0) is 37.1 Å². The zero-order chi connectivity index (χ0) is 20.9. The van der Waals surface area contributed by atoms with Crippen molar-refractivity contribution in [1.29, 1.82) is 0 Å². The molecule has 1 aliphatic rings. The van der Waals surface area contributed by atoms with Crippen molar-refractivity contribution in [3.63, 3.8) is 0 Å². The molecule has 0 amide bonds. The highest BCUT2D eigenvalue weighted by atomic mass is 32.2. The second kappa shape index (κ2) is 9.04. The lowest BCUT2D eigenvalue weighted by Gasteiger charge is -2.32. The van der Waals surface area contributed by atoms with Gasteiger partial charge in [-0.15, -0.1) is 11.8 Å². The Kier molecular flexibility index (Phi) is 6.03. The number of pyridine rings is 1. The number of aromatic nitrogens is 3. The minimum atomic E-state index is -0.521. The monoisotopic (exact) mass is 426 g/mol. The van der Waals surface area contributed by atoms with Crippen molar-refractivity contribution in [2.24, 2.45) is 0 Å². The zero-order valence-electron chi connectivity index (χ0n) is 15.9. The number of halogens is 1. The number of anilines is 3. The fraction of sp³-hybridized carbons (Fsp3) is 0.250. The van der Waals surface area contributed by atoms with E-state index in [1.165, 1.54) is 18.5 Å². The number of hydrogen-bond acceptors (Lipinski definition) is 8. The summed E-state index contributed by atoms with van der Waals surface area (Å²) < 4.78 is 14.0. The summed E-state index contributed by atoms with van der Waals surface area (Å²) in [6.07, 6.45) is 4.73. The van der Waals surface area contributed by atoms with Gasteiger partial charge in [0.2, 0.25) is 11.6 Å². The molecule has 1 fully saturated rings. The third-order valence-electron chi connectivity index (χ3n) is 4.78. The Labute approximate surface area is 176 Å². The van der Waals surface area contributed by atoms with Gasteiger partial charge in [0.1, 0.15) is 12.1 Å². The van der Waals surface area contributed by atoms with Gasteiger partial charge in [0.15, 0.2) is 0 Å². The van der Waals surface area contributed by atoms with Gasteiger partial charge in [0.05, 0.1) is 15.6 Å². The van der Waals surface area contributed by atoms with Crippen LogP contribution in [0.3, 0.4) is 0 Å². The Balaban J connectivity index is 1.52. The highest BCUT2D eigenvalue weighted by Gasteiger charge is 2.30. The van der Waals surface area contributed by atoms with Crippen LogP contribution < -0.4 is 10.2 Å². The van der Waals surface area contributed by atoms with Crippen LogP contribution in [0.2, 0.25) is 0 Å². The lowest BCUT2D eigenvalue weighted by Crippen LogP contribution is -2.36. The molecule has 0 spiro atoms. The largest absolute Gasteiger partial charge is 0.353 e. The van der Waals surface area contributed by atoms with Crippen LogP contribution in [-0.2, 0) is 0 Å². The van der Waals surface area contributed by atoms with Crippen molar-refractivity contribution < 1.29 is 9.31 Å². The summed E-state index contributed by atoms with van der Waals surface area (Å²) in [4.78, 5) is 25.7. The average Bonchev–Trinajstić information content (AvgIpc) is 2.76. The molecule has 30 heavy (non-hydrogen) atoms. The molecule has 154 valence electrons. The van der Waals surface area contributed by atoms with Crippen LogP contribution in [-0.4, -0.2) is 38.2 Å². The van der Waals surface area contributed by atoms with Crippen LogP contribution >= 0.6 is 11.8 Å². The number of nitro groups is 1. The van der Waals surface area contributed by atoms with E-state index >= 15 is 0 Å². The first-order chi connectivity index (χ1) is 14.6. The number of nitrogens with one attached hydrogen (secondary N) is 1. The third-order valence-corrected chi connectivity index (χ3v) is 6.07. The van der Waals surface area contributed by atoms with Crippen molar-refractivity contribution >= 4 is 34.8 Å². The molecular weight excluding hydrogens is 407 g/mol. The first-order valence-electron chi connectivity index (χ1n) is 9.45. The van der Waals surface area contributed by atoms with Gasteiger partial charge in [-0.3, -0.25) is 10.1 Å². The molecule has 1 aliphatic heterocycles. The van der Waals surface area contributed by atoms with Crippen molar-refractivity contribution in [1.82, 2.24) is 15.0 Å². The van der Waals surface area contributed by atoms with Crippen molar-refractivity contribution in [3.05, 3.63) is 70.9 Å². The highest BCUT2D eigenvalue weighted by molar-refractivity contribution is 7.99. The average molecular weight is 426 g/mol. The van der Waals surface area contributed by atoms with E-state index in [-0.39, 0.29) is 23.0 Å². The Morgan fingerprint density at radius 2 is 1.87 bits per heavy atom. The molecule has 0 atom stereocenters. The Hall–Kier alpha value is -3.27. The molecule has 0 unspecified atom stereocenters. The first kappa shape index (κ1) is 20.0. The maximum absolute atomic E-state index is 14.0. The topological polar surface area (TPSA) is 97.1 Å². The van der Waals surface area contributed by atoms with Crippen molar-refractivity contribution in [2.75, 3.05) is 23.3 Å². The Morgan fingerprint density at radius 1 is 1.10 bits per heavy atom. The molecule has 3 aromatic rings. The summed E-state index contributed by atoms with van der Waals surface area (Å²) in [5.74, 6) is -0.297. The quantitative estimate of drug-likeness (QED) is 0.457. The number of rotatable bonds is 6. The van der Waals surface area contributed by atoms with Crippen LogP contribution in [0.5, 0.6) is 0 Å². The zero-order valence-corrected chi connectivity index (χ0v) is 16.8. The second-order valence-electron chi connectivity index (χ2n) is 6.73. The van der Waals surface area contributed by atoms with E-state index in [0.717, 1.165) is 17.9 Å². The maximum atomic E-state index is 14.0. The molecular formula is C20H19FN6O2S. The number of hydrogen-bond donors (Lipinski definition) is 1. The van der Waals surface area contributed by atoms with E-state index in [0.29, 0.717) is 18.3 Å². The molecule has 0 aliphatic carbocycles. The number of benzene rings is 1. The highest BCUT2D eigenvalue weighted by Crippen LogP contribution is 2.37. The molecule has 4 rings (SSSR count). The first-order valence-corrected chi connectivity index (χ1v) is 10.3. The third kappa shape index (κ3) is 4.48. The molecule has 2 aromatic heterocycles. The van der Waals surface area contributed by atoms with E-state index in [2.05, 4.69) is 20.3 Å². The van der Waals surface area contributed by atoms with Crippen molar-refractivity contribution in [3.8, 4) is 0 Å². The fourth-order valence-electron chi connectivity index (χ4n) is 3.32. The molecule has 1 aromatic carbocycles. The predicted octanol–water partition coefficient (Wildman–Crippen LogP) is 4.42. The molecule has 0 radical (unpaired) electrons. The standard InChI is InChI=1S/C20H19FN6O2S/c21-15-5-1-2-6-16(15)25-19-18(27(28)29)20(24-13-23-19)26-11-8-14(9-12-26)30-17-7-3-4-10-22-17/h1-7,10,13-14H,8-9,11-12H2,(H,23,24,25). The lowest BCUT2D eigenvalue weighted by molar-refractivity contribution is -0.383. The van der Waals surface area contributed by atoms with Gasteiger partial charge >= 0.3 is 5.69 Å². The SMILES string of the molecule is O=[N+]([O-])c1c(Nc2ccccc2F)ncnc1N1CCC(Sc2ccccn2)CC1. The van der Waals surface area contributed by atoms with E-state index in [9.17, 15) is 14.5 Å². The summed E-state index contributed by atoms with van der Waals surface area (Å²) in [6, 6.07) is 11.8. The summed E-state index contributed by atoms with van der Waals surface area (Å²) >= 11 is 1.72. The van der Waals surface area contributed by atoms with Crippen LogP contribution in [0.15, 0.2) is 60.0 Å². The van der Waals surface area contributed by atoms with Gasteiger partial charge in [-0.25, -0.2) is 19.3 Å². The van der Waals surface area contributed by atoms with Gasteiger partial charge in [-0.2, -0.15) is 0 Å². The van der Waals surface area contributed by atoms with Crippen molar-refractivity contribution in [2.45, 2.75) is 23.1 Å². The van der Waals surface area contributed by atoms with Crippen LogP contribution in [0.4, 0.5) is 27.4 Å². The molecule has 8 nitrogen and oxygen atoms in total. The lowest BCUT2D eigenvalue weighted by atomic mass is 10.1. The number of para-hydroxylation sites is 1. The molecule has 3 heterocycles.